The first kappa shape index (κ1) is 9.01. The Morgan fingerprint density at radius 1 is 1.64 bits per heavy atom. The summed E-state index contributed by atoms with van der Waals surface area (Å²) in [7, 11) is 0. The predicted molar refractivity (Wildman–Crippen MR) is 48.2 cm³/mol. The summed E-state index contributed by atoms with van der Waals surface area (Å²) >= 11 is 0. The number of hydrogen-bond acceptors (Lipinski definition) is 2. The van der Waals surface area contributed by atoms with Gasteiger partial charge in [-0.3, -0.25) is 4.90 Å². The molecular weight excluding hydrogens is 136 g/mol. The van der Waals surface area contributed by atoms with Gasteiger partial charge in [0.15, 0.2) is 0 Å². The third-order valence-corrected chi connectivity index (χ3v) is 2.29. The van der Waals surface area contributed by atoms with E-state index in [-0.39, 0.29) is 0 Å². The Morgan fingerprint density at radius 3 is 3.09 bits per heavy atom. The molecule has 65 valence electrons. The summed E-state index contributed by atoms with van der Waals surface area (Å²) in [5, 5.41) is 3.52. The van der Waals surface area contributed by atoms with Gasteiger partial charge in [-0.15, -0.1) is 0 Å². The molecule has 1 rings (SSSR count). The first-order chi connectivity index (χ1) is 5.36. The average molecular weight is 155 g/mol. The molecule has 1 unspecified atom stereocenters. The summed E-state index contributed by atoms with van der Waals surface area (Å²) in [5.41, 5.74) is 0. The molecule has 0 aromatic heterocycles. The van der Waals surface area contributed by atoms with E-state index in [1.54, 1.807) is 0 Å². The van der Waals surface area contributed by atoms with Crippen molar-refractivity contribution in [3.8, 4) is 0 Å². The fraction of sp³-hybridized carbons (Fsp3) is 0.889. The second kappa shape index (κ2) is 4.73. The summed E-state index contributed by atoms with van der Waals surface area (Å²) in [5.74, 6) is 0. The van der Waals surface area contributed by atoms with Crippen molar-refractivity contribution < 1.29 is 0 Å². The van der Waals surface area contributed by atoms with Crippen LogP contribution in [0.3, 0.4) is 0 Å². The highest BCUT2D eigenvalue weighted by atomic mass is 15.2. The molecule has 1 fully saturated rings. The van der Waals surface area contributed by atoms with Gasteiger partial charge >= 0.3 is 0 Å². The predicted octanol–water partition coefficient (Wildman–Crippen LogP) is 1.24. The molecule has 1 radical (unpaired) electrons. The Bertz CT molecular complexity index is 102. The van der Waals surface area contributed by atoms with Crippen molar-refractivity contribution >= 4 is 0 Å². The maximum atomic E-state index is 3.52. The van der Waals surface area contributed by atoms with Crippen LogP contribution in [0.25, 0.3) is 0 Å². The van der Waals surface area contributed by atoms with Crippen LogP contribution in [0.4, 0.5) is 0 Å². The average Bonchev–Trinajstić information content (AvgIpc) is 2.06. The monoisotopic (exact) mass is 155 g/mol. The molecule has 1 atom stereocenters. The van der Waals surface area contributed by atoms with Crippen molar-refractivity contribution in [1.29, 1.82) is 0 Å². The summed E-state index contributed by atoms with van der Waals surface area (Å²) in [4.78, 5) is 2.40. The van der Waals surface area contributed by atoms with Gasteiger partial charge in [0, 0.05) is 32.2 Å². The lowest BCUT2D eigenvalue weighted by molar-refractivity contribution is 0.234. The van der Waals surface area contributed by atoms with E-state index >= 15 is 0 Å². The van der Waals surface area contributed by atoms with Gasteiger partial charge in [-0.2, -0.15) is 0 Å². The van der Waals surface area contributed by atoms with Crippen LogP contribution in [0.1, 0.15) is 26.7 Å². The third-order valence-electron chi connectivity index (χ3n) is 2.29. The van der Waals surface area contributed by atoms with E-state index in [9.17, 15) is 0 Å². The fourth-order valence-corrected chi connectivity index (χ4v) is 1.63. The zero-order chi connectivity index (χ0) is 8.10. The van der Waals surface area contributed by atoms with E-state index in [0.717, 1.165) is 12.6 Å². The Labute approximate surface area is 70.0 Å². The number of rotatable bonds is 3. The normalized spacial score (nSPS) is 27.3. The van der Waals surface area contributed by atoms with Gasteiger partial charge in [0.05, 0.1) is 0 Å². The summed E-state index contributed by atoms with van der Waals surface area (Å²) in [6, 6.07) is 0.727. The number of nitrogens with zero attached hydrogens (tertiary/aromatic N) is 1. The molecule has 1 saturated heterocycles. The molecular formula is C9H19N2. The van der Waals surface area contributed by atoms with Crippen LogP contribution in [-0.2, 0) is 0 Å². The van der Waals surface area contributed by atoms with E-state index in [4.69, 9.17) is 0 Å². The quantitative estimate of drug-likeness (QED) is 0.659. The highest BCUT2D eigenvalue weighted by Crippen LogP contribution is 2.05. The number of nitrogens with one attached hydrogen (secondary N) is 1. The Morgan fingerprint density at radius 2 is 2.45 bits per heavy atom. The Kier molecular flexibility index (Phi) is 3.87. The van der Waals surface area contributed by atoms with Crippen molar-refractivity contribution in [3.05, 3.63) is 6.54 Å². The van der Waals surface area contributed by atoms with Crippen LogP contribution >= 0.6 is 0 Å². The first-order valence-corrected chi connectivity index (χ1v) is 4.63. The van der Waals surface area contributed by atoms with Crippen LogP contribution in [0.2, 0.25) is 0 Å². The van der Waals surface area contributed by atoms with Crippen LogP contribution < -0.4 is 5.32 Å². The molecule has 1 heterocycles. The lowest BCUT2D eigenvalue weighted by Gasteiger charge is -2.32. The van der Waals surface area contributed by atoms with Gasteiger partial charge in [0.2, 0.25) is 0 Å². The van der Waals surface area contributed by atoms with Gasteiger partial charge in [-0.1, -0.05) is 13.3 Å². The lowest BCUT2D eigenvalue weighted by atomic mass is 10.1. The first-order valence-electron chi connectivity index (χ1n) is 4.63. The van der Waals surface area contributed by atoms with Crippen LogP contribution in [0.15, 0.2) is 0 Å². The van der Waals surface area contributed by atoms with Gasteiger partial charge in [0.1, 0.15) is 0 Å². The topological polar surface area (TPSA) is 15.3 Å². The minimum absolute atomic E-state index is 0.727. The highest BCUT2D eigenvalue weighted by molar-refractivity contribution is 4.80. The van der Waals surface area contributed by atoms with Gasteiger partial charge < -0.3 is 5.32 Å². The molecule has 0 bridgehead atoms. The third kappa shape index (κ3) is 2.80. The van der Waals surface area contributed by atoms with Gasteiger partial charge in [0.25, 0.3) is 0 Å². The highest BCUT2D eigenvalue weighted by Gasteiger charge is 2.16. The van der Waals surface area contributed by atoms with Crippen LogP contribution in [0.5, 0.6) is 0 Å². The molecule has 1 N–H and O–H groups in total. The molecule has 0 spiro atoms. The van der Waals surface area contributed by atoms with E-state index in [1.807, 2.05) is 0 Å². The Balaban J connectivity index is 2.21. The molecule has 1 aliphatic rings. The van der Waals surface area contributed by atoms with E-state index in [2.05, 4.69) is 30.6 Å². The van der Waals surface area contributed by atoms with Crippen LogP contribution in [0, 0.1) is 6.54 Å². The molecule has 0 saturated carbocycles. The standard InChI is InChI=1S/C9H19N2/c1-3-5-9-8-11(4-2)7-6-10-9/h4,9-10H,3,5-8H2,1-2H3. The van der Waals surface area contributed by atoms with E-state index < -0.39 is 0 Å². The van der Waals surface area contributed by atoms with Crippen molar-refractivity contribution in [1.82, 2.24) is 10.2 Å². The lowest BCUT2D eigenvalue weighted by Crippen LogP contribution is -2.49. The maximum Gasteiger partial charge on any atom is 0.0221 e. The van der Waals surface area contributed by atoms with E-state index in [0.29, 0.717) is 0 Å². The van der Waals surface area contributed by atoms with Gasteiger partial charge in [-0.05, 0) is 13.3 Å². The molecule has 0 aromatic rings. The zero-order valence-corrected chi connectivity index (χ0v) is 7.64. The minimum Gasteiger partial charge on any atom is -0.311 e. The summed E-state index contributed by atoms with van der Waals surface area (Å²) < 4.78 is 0. The molecule has 11 heavy (non-hydrogen) atoms. The van der Waals surface area contributed by atoms with Gasteiger partial charge in [-0.25, -0.2) is 0 Å². The zero-order valence-electron chi connectivity index (χ0n) is 7.64. The molecule has 0 amide bonds. The molecule has 1 aliphatic heterocycles. The van der Waals surface area contributed by atoms with Crippen molar-refractivity contribution in [2.45, 2.75) is 32.7 Å². The van der Waals surface area contributed by atoms with E-state index in [1.165, 1.54) is 25.9 Å². The summed E-state index contributed by atoms with van der Waals surface area (Å²) in [6.07, 6.45) is 2.60. The molecule has 2 heteroatoms. The Hall–Kier alpha value is -0.0800. The number of piperazine rings is 1. The molecule has 0 aliphatic carbocycles. The van der Waals surface area contributed by atoms with Crippen LogP contribution in [-0.4, -0.2) is 30.6 Å². The number of hydrogen-bond donors (Lipinski definition) is 1. The smallest absolute Gasteiger partial charge is 0.0221 e. The second-order valence-electron chi connectivity index (χ2n) is 3.19. The minimum atomic E-state index is 0.727. The molecule has 0 aromatic carbocycles. The maximum absolute atomic E-state index is 3.52. The SMILES string of the molecule is C[CH]N1CCNC(CCC)C1. The second-order valence-corrected chi connectivity index (χ2v) is 3.19. The molecule has 2 nitrogen and oxygen atoms in total. The van der Waals surface area contributed by atoms with Crippen molar-refractivity contribution in [3.63, 3.8) is 0 Å². The van der Waals surface area contributed by atoms with Crippen molar-refractivity contribution in [2.75, 3.05) is 19.6 Å². The summed E-state index contributed by atoms with van der Waals surface area (Å²) in [6.45, 7) is 10.1. The van der Waals surface area contributed by atoms with Crippen molar-refractivity contribution in [2.24, 2.45) is 0 Å². The fourth-order valence-electron chi connectivity index (χ4n) is 1.63. The largest absolute Gasteiger partial charge is 0.311 e.